The van der Waals surface area contributed by atoms with Crippen molar-refractivity contribution in [2.45, 2.75) is 55.4 Å². The van der Waals surface area contributed by atoms with Crippen molar-refractivity contribution in [1.82, 2.24) is 10.6 Å². The van der Waals surface area contributed by atoms with Crippen LogP contribution in [0.4, 0.5) is 28.4 Å². The molecule has 468 valence electrons. The Kier molecular flexibility index (Phi) is 22.6. The summed E-state index contributed by atoms with van der Waals surface area (Å²) in [5.41, 5.74) is 7.47. The van der Waals surface area contributed by atoms with Gasteiger partial charge in [0.05, 0.1) is 61.5 Å². The van der Waals surface area contributed by atoms with Gasteiger partial charge in [0.1, 0.15) is 23.1 Å². The van der Waals surface area contributed by atoms with Crippen molar-refractivity contribution in [3.05, 3.63) is 210 Å². The number of carbonyl (C=O) groups is 7. The van der Waals surface area contributed by atoms with Crippen LogP contribution in [0.15, 0.2) is 178 Å². The van der Waals surface area contributed by atoms with Gasteiger partial charge in [0.15, 0.2) is 6.61 Å². The lowest BCUT2D eigenvalue weighted by atomic mass is 9.99. The number of hydrogen-bond donors (Lipinski definition) is 3. The maximum atomic E-state index is 13.0. The van der Waals surface area contributed by atoms with E-state index < -0.39 is 23.7 Å². The molecule has 0 fully saturated rings. The van der Waals surface area contributed by atoms with Gasteiger partial charge in [0, 0.05) is 39.0 Å². The van der Waals surface area contributed by atoms with E-state index in [0.29, 0.717) is 43.1 Å². The van der Waals surface area contributed by atoms with Gasteiger partial charge >= 0.3 is 0 Å². The third-order valence-corrected chi connectivity index (χ3v) is 15.8. The summed E-state index contributed by atoms with van der Waals surface area (Å²) in [5.74, 6) is -2.41. The smallest absolute Gasteiger partial charge is 0.262 e. The fourth-order valence-corrected chi connectivity index (χ4v) is 10.6. The number of halogens is 6. The van der Waals surface area contributed by atoms with Gasteiger partial charge < -0.3 is 20.7 Å². The summed E-state index contributed by atoms with van der Waals surface area (Å²) in [5, 5.41) is 32.1. The number of nitrogens with one attached hydrogen (secondary N) is 3. The van der Waals surface area contributed by atoms with Gasteiger partial charge in [-0.3, -0.25) is 33.6 Å². The number of amides is 7. The van der Waals surface area contributed by atoms with Crippen molar-refractivity contribution in [2.24, 2.45) is 44.1 Å². The molecule has 19 nitrogen and oxygen atoms in total. The van der Waals surface area contributed by atoms with E-state index in [-0.39, 0.29) is 75.1 Å². The fraction of sp³-hybridized carbons (Fsp3) is 0.197. The monoisotopic (exact) mass is 1340 g/mol. The quantitative estimate of drug-likeness (QED) is 0.119. The van der Waals surface area contributed by atoms with Gasteiger partial charge in [0.2, 0.25) is 5.91 Å². The van der Waals surface area contributed by atoms with E-state index in [9.17, 15) is 33.6 Å². The molecule has 0 aromatic heterocycles. The van der Waals surface area contributed by atoms with Crippen LogP contribution < -0.4 is 40.7 Å². The summed E-state index contributed by atoms with van der Waals surface area (Å²) in [4.78, 5) is 85.5. The normalized spacial score (nSPS) is 17.3. The molecule has 4 heterocycles. The minimum absolute atomic E-state index is 0.0221. The first-order valence-electron chi connectivity index (χ1n) is 28.1. The van der Waals surface area contributed by atoms with Crippen LogP contribution in [-0.2, 0) is 28.8 Å². The number of carbonyl (C=O) groups excluding carboxylic acids is 7. The lowest BCUT2D eigenvalue weighted by molar-refractivity contribution is -0.120. The molecule has 4 aliphatic rings. The van der Waals surface area contributed by atoms with Crippen molar-refractivity contribution in [1.29, 1.82) is 0 Å². The molecule has 4 unspecified atom stereocenters. The van der Waals surface area contributed by atoms with Crippen LogP contribution in [0.5, 0.6) is 5.75 Å². The molecule has 0 spiro atoms. The van der Waals surface area contributed by atoms with Gasteiger partial charge in [-0.05, 0) is 151 Å². The van der Waals surface area contributed by atoms with Crippen molar-refractivity contribution >= 4 is 162 Å². The number of benzene rings is 7. The molecule has 7 aromatic rings. The van der Waals surface area contributed by atoms with Crippen LogP contribution in [0.3, 0.4) is 0 Å². The highest BCUT2D eigenvalue weighted by Gasteiger charge is 2.38. The lowest BCUT2D eigenvalue weighted by Gasteiger charge is -2.16. The molecule has 4 atom stereocenters. The highest BCUT2D eigenvalue weighted by atomic mass is 35.5. The predicted molar refractivity (Wildman–Crippen MR) is 361 cm³/mol. The average Bonchev–Trinajstić information content (AvgIpc) is 3.58. The topological polar surface area (TPSA) is 227 Å². The number of anilines is 5. The van der Waals surface area contributed by atoms with E-state index in [0.717, 1.165) is 49.5 Å². The Hall–Kier alpha value is -8.95. The summed E-state index contributed by atoms with van der Waals surface area (Å²) in [7, 11) is 0. The number of amidine groups is 2. The van der Waals surface area contributed by atoms with Gasteiger partial charge in [-0.25, -0.2) is 5.01 Å². The molecule has 7 amide bonds. The van der Waals surface area contributed by atoms with Crippen LogP contribution in [0.25, 0.3) is 0 Å². The first kappa shape index (κ1) is 68.0. The van der Waals surface area contributed by atoms with E-state index in [1.165, 1.54) is 35.1 Å². The number of hydrogen-bond acceptors (Lipinski definition) is 12. The fourth-order valence-electron chi connectivity index (χ4n) is 9.12. The van der Waals surface area contributed by atoms with Gasteiger partial charge in [-0.15, -0.1) is 0 Å². The van der Waals surface area contributed by atoms with Gasteiger partial charge in [-0.2, -0.15) is 35.4 Å². The van der Waals surface area contributed by atoms with Crippen molar-refractivity contribution < 1.29 is 38.3 Å². The summed E-state index contributed by atoms with van der Waals surface area (Å²) < 4.78 is 5.61. The van der Waals surface area contributed by atoms with E-state index in [1.807, 2.05) is 113 Å². The first-order valence-corrected chi connectivity index (χ1v) is 30.4. The van der Waals surface area contributed by atoms with E-state index in [1.54, 1.807) is 74.5 Å². The molecular weight excluding hydrogens is 1290 g/mol. The second kappa shape index (κ2) is 30.2. The van der Waals surface area contributed by atoms with Crippen molar-refractivity contribution in [3.8, 4) is 5.75 Å². The average molecular weight is 1350 g/mol. The third kappa shape index (κ3) is 16.7. The molecule has 0 radical (unpaired) electrons. The number of aryl methyl sites for hydroxylation is 2. The lowest BCUT2D eigenvalue weighted by Crippen LogP contribution is -2.35. The maximum Gasteiger partial charge on any atom is 0.262 e. The second-order valence-electron chi connectivity index (χ2n) is 21.0. The first-order chi connectivity index (χ1) is 43.3. The van der Waals surface area contributed by atoms with Crippen molar-refractivity contribution in [3.63, 3.8) is 0 Å². The maximum absolute atomic E-state index is 13.0. The number of nitrogens with zero attached hydrogens (tertiary/aromatic N) is 8. The molecular formula is C66H59Cl6N11O8. The zero-order chi connectivity index (χ0) is 66.0. The summed E-state index contributed by atoms with van der Waals surface area (Å²) in [6.45, 7) is 14.0. The van der Waals surface area contributed by atoms with E-state index in [2.05, 4.69) is 36.4 Å². The molecule has 11 rings (SSSR count). The van der Waals surface area contributed by atoms with Crippen LogP contribution in [-0.4, -0.2) is 71.1 Å². The van der Waals surface area contributed by atoms with E-state index in [4.69, 9.17) is 74.3 Å². The molecule has 4 aliphatic heterocycles. The molecule has 7 aromatic carbocycles. The summed E-state index contributed by atoms with van der Waals surface area (Å²) >= 11 is 36.2. The summed E-state index contributed by atoms with van der Waals surface area (Å²) in [6.07, 6.45) is 0. The number of para-hydroxylation sites is 1. The SMILES string of the molecule is CC(=O)NC1=NN(c2cc(Cl)ccc2Cl)C(=O)C1C.CC1=NN(c2ccccc2)C(=O)C1C.CC1C(=O)N(c2ccc(Cl)cc2)N=C1c1ccccc1.Cc1ccc(OCC(=O)Nc2cccc(C(=O)NC3=NN(c4c(Cl)cc(Cl)cc4Cl)C(=O)C3C)c2)c(C)c1. The van der Waals surface area contributed by atoms with E-state index >= 15 is 0 Å². The molecule has 0 saturated carbocycles. The Balaban J connectivity index is 0.000000169. The van der Waals surface area contributed by atoms with Gasteiger partial charge in [0.25, 0.3) is 35.4 Å². The number of hydrazone groups is 4. The minimum atomic E-state index is -0.757. The second-order valence-corrected chi connectivity index (χ2v) is 23.5. The van der Waals surface area contributed by atoms with Gasteiger partial charge in [-0.1, -0.05) is 142 Å². The molecule has 3 N–H and O–H groups in total. The Morgan fingerprint density at radius 2 is 1.05 bits per heavy atom. The zero-order valence-electron chi connectivity index (χ0n) is 50.1. The minimum Gasteiger partial charge on any atom is -0.483 e. The Morgan fingerprint density at radius 3 is 1.67 bits per heavy atom. The van der Waals surface area contributed by atoms with Crippen LogP contribution >= 0.6 is 69.6 Å². The van der Waals surface area contributed by atoms with Crippen LogP contribution in [0.1, 0.15) is 68.6 Å². The highest BCUT2D eigenvalue weighted by Crippen LogP contribution is 2.39. The largest absolute Gasteiger partial charge is 0.483 e. The van der Waals surface area contributed by atoms with Crippen molar-refractivity contribution in [2.75, 3.05) is 32.0 Å². The molecule has 0 bridgehead atoms. The number of rotatable bonds is 10. The Morgan fingerprint density at radius 1 is 0.495 bits per heavy atom. The molecule has 25 heteroatoms. The number of ether oxygens (including phenoxy) is 1. The molecule has 0 aliphatic carbocycles. The zero-order valence-corrected chi connectivity index (χ0v) is 54.7. The third-order valence-electron chi connectivity index (χ3n) is 14.2. The Bertz CT molecular complexity index is 4070. The highest BCUT2D eigenvalue weighted by molar-refractivity contribution is 6.43. The standard InChI is InChI=1S/C27H23Cl3N4O4.C16H13ClN2O.C12H11Cl2N3O2.C11H12N2O/c1-14-7-8-22(15(2)9-14)38-13-23(35)31-19-6-4-5-17(10-19)26(36)32-25-16(3)27(37)34(33-25)24-20(29)11-18(28)12-21(24)30;1-11-15(12-5-3-2-4-6-12)18-19(16(11)20)14-9-7-13(17)8-10-14;1-6-11(15-7(2)18)16-17(12(6)19)10-5-8(13)3-4-9(10)14;1-8-9(2)12-13(11(8)14)10-6-4-3-5-7-10/h4-12,16H,13H2,1-3H3,(H,31,35)(H,32,33,36);2-11H,1H3;3-6H,1-2H3,(H,15,16,18);3-8H,1-2H3. The summed E-state index contributed by atoms with van der Waals surface area (Å²) in [6, 6.07) is 46.1. The predicted octanol–water partition coefficient (Wildman–Crippen LogP) is 14.2. The Labute approximate surface area is 555 Å². The van der Waals surface area contributed by atoms with Crippen LogP contribution in [0.2, 0.25) is 30.1 Å². The molecule has 0 saturated heterocycles. The van der Waals surface area contributed by atoms with Crippen LogP contribution in [0, 0.1) is 37.5 Å². The molecule has 91 heavy (non-hydrogen) atoms.